The summed E-state index contributed by atoms with van der Waals surface area (Å²) in [5.74, 6) is 0.552. The summed E-state index contributed by atoms with van der Waals surface area (Å²) >= 11 is 0. The molecule has 1 aromatic heterocycles. The van der Waals surface area contributed by atoms with E-state index in [1.54, 1.807) is 31.2 Å². The summed E-state index contributed by atoms with van der Waals surface area (Å²) < 4.78 is 6.73. The minimum atomic E-state index is -0.723. The molecule has 0 aliphatic rings. The number of benzene rings is 1. The van der Waals surface area contributed by atoms with Crippen LogP contribution in [0.25, 0.3) is 0 Å². The molecule has 1 heterocycles. The maximum Gasteiger partial charge on any atom is 0.242 e. The molecule has 3 N–H and O–H groups in total. The number of hydrogen-bond donors (Lipinski definition) is 2. The van der Waals surface area contributed by atoms with Gasteiger partial charge in [-0.05, 0) is 24.6 Å². The molecule has 0 spiro atoms. The second-order valence-corrected chi connectivity index (χ2v) is 4.93. The highest BCUT2D eigenvalue weighted by Gasteiger charge is 2.19. The van der Waals surface area contributed by atoms with E-state index in [4.69, 9.17) is 10.5 Å². The molecule has 6 nitrogen and oxygen atoms in total. The summed E-state index contributed by atoms with van der Waals surface area (Å²) in [6.07, 6.45) is 3.34. The van der Waals surface area contributed by atoms with Gasteiger partial charge in [-0.2, -0.15) is 5.10 Å². The van der Waals surface area contributed by atoms with Crippen molar-refractivity contribution in [3.8, 4) is 5.75 Å². The number of methoxy groups -OCH3 is 1. The van der Waals surface area contributed by atoms with Gasteiger partial charge in [0.2, 0.25) is 5.91 Å². The fourth-order valence-corrected chi connectivity index (χ4v) is 2.03. The highest BCUT2D eigenvalue weighted by molar-refractivity contribution is 5.83. The molecule has 0 radical (unpaired) electrons. The first-order valence-corrected chi connectivity index (χ1v) is 6.69. The third kappa shape index (κ3) is 3.61. The molecule has 6 heteroatoms. The molecule has 2 atom stereocenters. The van der Waals surface area contributed by atoms with E-state index in [-0.39, 0.29) is 11.9 Å². The molecular weight excluding hydrogens is 268 g/mol. The normalized spacial score (nSPS) is 13.5. The van der Waals surface area contributed by atoms with Crippen molar-refractivity contribution < 1.29 is 9.53 Å². The molecule has 112 valence electrons. The smallest absolute Gasteiger partial charge is 0.242 e. The number of nitrogens with one attached hydrogen (secondary N) is 1. The van der Waals surface area contributed by atoms with E-state index in [0.29, 0.717) is 5.56 Å². The van der Waals surface area contributed by atoms with E-state index in [9.17, 15) is 4.79 Å². The molecule has 1 aromatic carbocycles. The second kappa shape index (κ2) is 6.41. The number of nitrogens with two attached hydrogens (primary N) is 1. The van der Waals surface area contributed by atoms with Gasteiger partial charge in [-0.3, -0.25) is 9.48 Å². The number of nitrogens with zero attached hydrogens (tertiary/aromatic N) is 2. The topological polar surface area (TPSA) is 82.2 Å². The number of rotatable bonds is 5. The first-order valence-electron chi connectivity index (χ1n) is 6.69. The summed E-state index contributed by atoms with van der Waals surface area (Å²) in [7, 11) is 3.40. The number of aromatic nitrogens is 2. The van der Waals surface area contributed by atoms with E-state index in [1.807, 2.05) is 31.2 Å². The predicted octanol–water partition coefficient (Wildman–Crippen LogP) is 1.31. The molecule has 0 saturated carbocycles. The van der Waals surface area contributed by atoms with Crippen molar-refractivity contribution in [1.29, 1.82) is 0 Å². The molecule has 0 aliphatic heterocycles. The van der Waals surface area contributed by atoms with Gasteiger partial charge < -0.3 is 15.8 Å². The van der Waals surface area contributed by atoms with E-state index in [0.717, 1.165) is 11.3 Å². The lowest BCUT2D eigenvalue weighted by Crippen LogP contribution is -2.35. The molecule has 0 saturated heterocycles. The quantitative estimate of drug-likeness (QED) is 0.869. The maximum absolute atomic E-state index is 12.2. The number of aryl methyl sites for hydroxylation is 1. The van der Waals surface area contributed by atoms with Gasteiger partial charge in [-0.1, -0.05) is 12.1 Å². The van der Waals surface area contributed by atoms with Crippen LogP contribution in [0.1, 0.15) is 30.1 Å². The first kappa shape index (κ1) is 15.1. The van der Waals surface area contributed by atoms with Crippen LogP contribution in [-0.4, -0.2) is 22.8 Å². The maximum atomic E-state index is 12.2. The van der Waals surface area contributed by atoms with Gasteiger partial charge in [-0.25, -0.2) is 0 Å². The van der Waals surface area contributed by atoms with Crippen molar-refractivity contribution in [3.63, 3.8) is 0 Å². The minimum Gasteiger partial charge on any atom is -0.497 e. The monoisotopic (exact) mass is 288 g/mol. The third-order valence-corrected chi connectivity index (χ3v) is 3.34. The summed E-state index contributed by atoms with van der Waals surface area (Å²) in [5.41, 5.74) is 7.62. The third-order valence-electron chi connectivity index (χ3n) is 3.34. The Hall–Kier alpha value is -2.34. The Morgan fingerprint density at radius 2 is 2.00 bits per heavy atom. The van der Waals surface area contributed by atoms with Crippen LogP contribution in [0.3, 0.4) is 0 Å². The van der Waals surface area contributed by atoms with Crippen LogP contribution in [0.5, 0.6) is 5.75 Å². The molecule has 2 aromatic rings. The summed E-state index contributed by atoms with van der Waals surface area (Å²) in [6.45, 7) is 1.91. The Morgan fingerprint density at radius 1 is 1.33 bits per heavy atom. The Balaban J connectivity index is 2.00. The van der Waals surface area contributed by atoms with E-state index in [2.05, 4.69) is 10.4 Å². The molecule has 0 bridgehead atoms. The van der Waals surface area contributed by atoms with Crippen LogP contribution in [0.15, 0.2) is 36.7 Å². The van der Waals surface area contributed by atoms with Crippen molar-refractivity contribution in [2.75, 3.05) is 7.11 Å². The molecule has 2 rings (SSSR count). The van der Waals surface area contributed by atoms with E-state index < -0.39 is 6.04 Å². The van der Waals surface area contributed by atoms with Crippen molar-refractivity contribution in [2.24, 2.45) is 12.8 Å². The van der Waals surface area contributed by atoms with Crippen molar-refractivity contribution in [3.05, 3.63) is 47.8 Å². The highest BCUT2D eigenvalue weighted by Crippen LogP contribution is 2.18. The Labute approximate surface area is 123 Å². The van der Waals surface area contributed by atoms with Crippen molar-refractivity contribution in [2.45, 2.75) is 19.0 Å². The van der Waals surface area contributed by atoms with Crippen molar-refractivity contribution in [1.82, 2.24) is 15.1 Å². The predicted molar refractivity (Wildman–Crippen MR) is 79.7 cm³/mol. The zero-order valence-corrected chi connectivity index (χ0v) is 12.4. The van der Waals surface area contributed by atoms with Crippen molar-refractivity contribution >= 4 is 5.91 Å². The lowest BCUT2D eigenvalue weighted by molar-refractivity contribution is -0.123. The molecule has 0 aliphatic carbocycles. The number of ether oxygens (including phenoxy) is 1. The largest absolute Gasteiger partial charge is 0.497 e. The van der Waals surface area contributed by atoms with Gasteiger partial charge in [0.25, 0.3) is 0 Å². The average molecular weight is 288 g/mol. The summed E-state index contributed by atoms with van der Waals surface area (Å²) in [6, 6.07) is 6.70. The average Bonchev–Trinajstić information content (AvgIpc) is 2.93. The fraction of sp³-hybridized carbons (Fsp3) is 0.333. The Bertz CT molecular complexity index is 606. The zero-order chi connectivity index (χ0) is 15.4. The first-order chi connectivity index (χ1) is 10.0. The second-order valence-electron chi connectivity index (χ2n) is 4.93. The van der Waals surface area contributed by atoms with E-state index >= 15 is 0 Å². The van der Waals surface area contributed by atoms with Crippen LogP contribution >= 0.6 is 0 Å². The van der Waals surface area contributed by atoms with Crippen LogP contribution in [0.2, 0.25) is 0 Å². The number of carbonyl (C=O) groups is 1. The van der Waals surface area contributed by atoms with Gasteiger partial charge in [0.1, 0.15) is 11.8 Å². The van der Waals surface area contributed by atoms with Gasteiger partial charge in [0, 0.05) is 18.8 Å². The van der Waals surface area contributed by atoms with Gasteiger partial charge >= 0.3 is 0 Å². The van der Waals surface area contributed by atoms with Crippen LogP contribution in [-0.2, 0) is 11.8 Å². The zero-order valence-electron chi connectivity index (χ0n) is 12.4. The van der Waals surface area contributed by atoms with Gasteiger partial charge in [-0.15, -0.1) is 0 Å². The minimum absolute atomic E-state index is 0.133. The summed E-state index contributed by atoms with van der Waals surface area (Å²) in [4.78, 5) is 12.2. The number of carbonyl (C=O) groups excluding carboxylic acids is 1. The molecule has 21 heavy (non-hydrogen) atoms. The lowest BCUT2D eigenvalue weighted by Gasteiger charge is -2.17. The molecule has 0 fully saturated rings. The molecule has 1 amide bonds. The fourth-order valence-electron chi connectivity index (χ4n) is 2.03. The number of hydrogen-bond acceptors (Lipinski definition) is 4. The standard InChI is InChI=1S/C15H20N4O2/c1-10(11-4-6-13(21-3)7-5-11)18-15(20)14(16)12-8-17-19(2)9-12/h4-10,14H,16H2,1-3H3,(H,18,20). The van der Waals surface area contributed by atoms with Crippen LogP contribution < -0.4 is 15.8 Å². The van der Waals surface area contributed by atoms with Crippen LogP contribution in [0.4, 0.5) is 0 Å². The Morgan fingerprint density at radius 3 is 2.52 bits per heavy atom. The van der Waals surface area contributed by atoms with Gasteiger partial charge in [0.05, 0.1) is 19.3 Å². The SMILES string of the molecule is COc1ccc(C(C)NC(=O)C(N)c2cnn(C)c2)cc1. The highest BCUT2D eigenvalue weighted by atomic mass is 16.5. The van der Waals surface area contributed by atoms with E-state index in [1.165, 1.54) is 0 Å². The molecule has 2 unspecified atom stereocenters. The van der Waals surface area contributed by atoms with Crippen LogP contribution in [0, 0.1) is 0 Å². The molecular formula is C15H20N4O2. The number of amides is 1. The Kier molecular flexibility index (Phi) is 4.59. The summed E-state index contributed by atoms with van der Waals surface area (Å²) in [5, 5.41) is 6.92. The lowest BCUT2D eigenvalue weighted by atomic mass is 10.1. The van der Waals surface area contributed by atoms with Gasteiger partial charge in [0.15, 0.2) is 0 Å².